The van der Waals surface area contributed by atoms with Crippen LogP contribution in [-0.4, -0.2) is 46.0 Å². The van der Waals surface area contributed by atoms with Crippen LogP contribution in [0, 0.1) is 0 Å². The number of nitrogens with zero attached hydrogens (tertiary/aromatic N) is 4. The first-order valence-electron chi connectivity index (χ1n) is 8.01. The normalized spacial score (nSPS) is 17.6. The zero-order valence-corrected chi connectivity index (χ0v) is 13.6. The van der Waals surface area contributed by atoms with Gasteiger partial charge in [-0.25, -0.2) is 9.67 Å². The minimum atomic E-state index is 0.420. The largest absolute Gasteiger partial charge is 0.379 e. The van der Waals surface area contributed by atoms with Gasteiger partial charge in [0.15, 0.2) is 11.6 Å². The van der Waals surface area contributed by atoms with E-state index >= 15 is 0 Å². The average molecular weight is 300 g/mol. The molecule has 1 atom stereocenters. The number of benzene rings is 1. The maximum Gasteiger partial charge on any atom is 0.158 e. The van der Waals surface area contributed by atoms with Crippen LogP contribution in [-0.2, 0) is 18.2 Å². The third kappa shape index (κ3) is 3.05. The van der Waals surface area contributed by atoms with Gasteiger partial charge < -0.3 is 4.74 Å². The first kappa shape index (κ1) is 15.2. The summed E-state index contributed by atoms with van der Waals surface area (Å²) in [6.07, 6.45) is 0.861. The lowest BCUT2D eigenvalue weighted by atomic mass is 10.0. The summed E-state index contributed by atoms with van der Waals surface area (Å²) in [5, 5.41) is 4.42. The molecule has 2 aromatic rings. The Kier molecular flexibility index (Phi) is 4.55. The van der Waals surface area contributed by atoms with E-state index in [2.05, 4.69) is 53.1 Å². The van der Waals surface area contributed by atoms with Gasteiger partial charge in [-0.1, -0.05) is 31.2 Å². The Morgan fingerprint density at radius 1 is 1.18 bits per heavy atom. The third-order valence-corrected chi connectivity index (χ3v) is 4.37. The van der Waals surface area contributed by atoms with Gasteiger partial charge in [-0.15, -0.1) is 0 Å². The Bertz CT molecular complexity index is 614. The summed E-state index contributed by atoms with van der Waals surface area (Å²) < 4.78 is 7.29. The highest BCUT2D eigenvalue weighted by atomic mass is 16.5. The molecule has 1 aromatic heterocycles. The molecule has 1 aromatic carbocycles. The van der Waals surface area contributed by atoms with Crippen LogP contribution in [0.15, 0.2) is 24.3 Å². The van der Waals surface area contributed by atoms with Crippen molar-refractivity contribution in [2.24, 2.45) is 7.05 Å². The van der Waals surface area contributed by atoms with Crippen molar-refractivity contribution >= 4 is 0 Å². The Balaban J connectivity index is 1.78. The molecule has 118 valence electrons. The van der Waals surface area contributed by atoms with E-state index in [1.807, 2.05) is 11.7 Å². The number of hydrogen-bond acceptors (Lipinski definition) is 4. The van der Waals surface area contributed by atoms with Gasteiger partial charge in [0.25, 0.3) is 0 Å². The van der Waals surface area contributed by atoms with Gasteiger partial charge in [0.05, 0.1) is 13.2 Å². The summed E-state index contributed by atoms with van der Waals surface area (Å²) in [5.74, 6) is 1.82. The summed E-state index contributed by atoms with van der Waals surface area (Å²) in [6.45, 7) is 8.02. The van der Waals surface area contributed by atoms with Crippen LogP contribution in [0.2, 0.25) is 0 Å². The molecule has 0 unspecified atom stereocenters. The number of morpholine rings is 1. The second kappa shape index (κ2) is 6.58. The second-order valence-electron chi connectivity index (χ2n) is 5.78. The van der Waals surface area contributed by atoms with Crippen LogP contribution in [0.5, 0.6) is 0 Å². The van der Waals surface area contributed by atoms with Crippen molar-refractivity contribution in [1.29, 1.82) is 0 Å². The highest BCUT2D eigenvalue weighted by Crippen LogP contribution is 2.24. The average Bonchev–Trinajstić information content (AvgIpc) is 2.96. The molecule has 0 radical (unpaired) electrons. The van der Waals surface area contributed by atoms with E-state index in [9.17, 15) is 0 Å². The summed E-state index contributed by atoms with van der Waals surface area (Å²) in [4.78, 5) is 7.06. The van der Waals surface area contributed by atoms with E-state index in [4.69, 9.17) is 4.74 Å². The van der Waals surface area contributed by atoms with Crippen molar-refractivity contribution in [3.63, 3.8) is 0 Å². The van der Waals surface area contributed by atoms with E-state index in [-0.39, 0.29) is 0 Å². The molecule has 1 fully saturated rings. The summed E-state index contributed by atoms with van der Waals surface area (Å²) in [7, 11) is 1.95. The molecule has 3 rings (SSSR count). The van der Waals surface area contributed by atoms with Crippen molar-refractivity contribution in [2.45, 2.75) is 26.3 Å². The fourth-order valence-electron chi connectivity index (χ4n) is 2.92. The lowest BCUT2D eigenvalue weighted by molar-refractivity contribution is 0.0198. The maximum atomic E-state index is 5.43. The van der Waals surface area contributed by atoms with E-state index < -0.39 is 0 Å². The molecule has 1 aliphatic rings. The van der Waals surface area contributed by atoms with Crippen LogP contribution in [0.4, 0.5) is 0 Å². The third-order valence-electron chi connectivity index (χ3n) is 4.37. The first-order chi connectivity index (χ1) is 10.7. The predicted octanol–water partition coefficient (Wildman–Crippen LogP) is 2.44. The van der Waals surface area contributed by atoms with E-state index in [0.29, 0.717) is 6.04 Å². The fraction of sp³-hybridized carbons (Fsp3) is 0.529. The Hall–Kier alpha value is -1.72. The fourth-order valence-corrected chi connectivity index (χ4v) is 2.92. The molecule has 1 aliphatic heterocycles. The van der Waals surface area contributed by atoms with Crippen molar-refractivity contribution < 1.29 is 4.74 Å². The van der Waals surface area contributed by atoms with Gasteiger partial charge in [-0.2, -0.15) is 5.10 Å². The molecule has 0 spiro atoms. The highest BCUT2D eigenvalue weighted by Gasteiger charge is 2.18. The molecule has 22 heavy (non-hydrogen) atoms. The first-order valence-corrected chi connectivity index (χ1v) is 8.01. The Labute approximate surface area is 131 Å². The van der Waals surface area contributed by atoms with Gasteiger partial charge in [-0.3, -0.25) is 4.90 Å². The smallest absolute Gasteiger partial charge is 0.158 e. The van der Waals surface area contributed by atoms with Gasteiger partial charge in [0.2, 0.25) is 0 Å². The number of aromatic nitrogens is 3. The minimum Gasteiger partial charge on any atom is -0.379 e. The Morgan fingerprint density at radius 3 is 2.45 bits per heavy atom. The number of ether oxygens (including phenoxy) is 1. The van der Waals surface area contributed by atoms with Gasteiger partial charge >= 0.3 is 0 Å². The molecule has 1 saturated heterocycles. The van der Waals surface area contributed by atoms with Crippen LogP contribution < -0.4 is 0 Å². The van der Waals surface area contributed by atoms with Crippen molar-refractivity contribution in [3.8, 4) is 11.4 Å². The van der Waals surface area contributed by atoms with E-state index in [0.717, 1.165) is 49.9 Å². The lowest BCUT2D eigenvalue weighted by Gasteiger charge is -2.32. The predicted molar refractivity (Wildman–Crippen MR) is 86.6 cm³/mol. The van der Waals surface area contributed by atoms with E-state index in [1.54, 1.807) is 0 Å². The molecular weight excluding hydrogens is 276 g/mol. The summed E-state index contributed by atoms with van der Waals surface area (Å²) in [5.41, 5.74) is 2.45. The molecule has 0 amide bonds. The zero-order chi connectivity index (χ0) is 15.5. The number of aryl methyl sites for hydroxylation is 2. The molecule has 0 bridgehead atoms. The molecule has 0 N–H and O–H groups in total. The topological polar surface area (TPSA) is 43.2 Å². The molecule has 2 heterocycles. The SMILES string of the molecule is CCc1nc(-c2ccc([C@H](C)N3CCOCC3)cc2)n(C)n1. The zero-order valence-electron chi connectivity index (χ0n) is 13.6. The van der Waals surface area contributed by atoms with Crippen molar-refractivity contribution in [3.05, 3.63) is 35.7 Å². The molecular formula is C17H24N4O. The van der Waals surface area contributed by atoms with Gasteiger partial charge in [0, 0.05) is 38.2 Å². The highest BCUT2D eigenvalue weighted by molar-refractivity contribution is 5.55. The molecule has 5 nitrogen and oxygen atoms in total. The standard InChI is InChI=1S/C17H24N4O/c1-4-16-18-17(20(3)19-16)15-7-5-14(6-8-15)13(2)21-9-11-22-12-10-21/h5-8,13H,4,9-12H2,1-3H3/t13-/m0/s1. The van der Waals surface area contributed by atoms with E-state index in [1.165, 1.54) is 5.56 Å². The monoisotopic (exact) mass is 300 g/mol. The molecule has 5 heteroatoms. The summed E-state index contributed by atoms with van der Waals surface area (Å²) >= 11 is 0. The summed E-state index contributed by atoms with van der Waals surface area (Å²) in [6, 6.07) is 9.13. The van der Waals surface area contributed by atoms with Gasteiger partial charge in [0.1, 0.15) is 0 Å². The van der Waals surface area contributed by atoms with Gasteiger partial charge in [-0.05, 0) is 12.5 Å². The van der Waals surface area contributed by atoms with Crippen LogP contribution in [0.25, 0.3) is 11.4 Å². The van der Waals surface area contributed by atoms with Crippen molar-refractivity contribution in [2.75, 3.05) is 26.3 Å². The van der Waals surface area contributed by atoms with Crippen LogP contribution in [0.1, 0.15) is 31.3 Å². The second-order valence-corrected chi connectivity index (χ2v) is 5.78. The number of rotatable bonds is 4. The van der Waals surface area contributed by atoms with Crippen molar-refractivity contribution in [1.82, 2.24) is 19.7 Å². The van der Waals surface area contributed by atoms with Crippen LogP contribution >= 0.6 is 0 Å². The minimum absolute atomic E-state index is 0.420. The lowest BCUT2D eigenvalue weighted by Crippen LogP contribution is -2.37. The quantitative estimate of drug-likeness (QED) is 0.870. The maximum absolute atomic E-state index is 5.43. The Morgan fingerprint density at radius 2 is 1.86 bits per heavy atom. The van der Waals surface area contributed by atoms with Crippen LogP contribution in [0.3, 0.4) is 0 Å². The number of hydrogen-bond donors (Lipinski definition) is 0. The molecule has 0 aliphatic carbocycles. The molecule has 0 saturated carbocycles.